The molecule has 2 unspecified atom stereocenters. The first kappa shape index (κ1) is 16.4. The molecule has 1 N–H and O–H groups in total. The zero-order valence-corrected chi connectivity index (χ0v) is 13.0. The van der Waals surface area contributed by atoms with Gasteiger partial charge >= 0.3 is 0 Å². The Kier molecular flexibility index (Phi) is 6.80. The Morgan fingerprint density at radius 1 is 1.32 bits per heavy atom. The molecule has 2 atom stereocenters. The van der Waals surface area contributed by atoms with Gasteiger partial charge in [-0.2, -0.15) is 4.98 Å². The monoisotopic (exact) mass is 287 g/mol. The number of nitrogens with zero attached hydrogens (tertiary/aromatic N) is 2. The van der Waals surface area contributed by atoms with Gasteiger partial charge in [-0.25, -0.2) is 0 Å². The Bertz CT molecular complexity index is 363. The maximum Gasteiger partial charge on any atom is 0.229 e. The van der Waals surface area contributed by atoms with Gasteiger partial charge in [0.25, 0.3) is 0 Å². The lowest BCUT2D eigenvalue weighted by atomic mass is 9.94. The first-order valence-electron chi connectivity index (χ1n) is 7.18. The molecule has 0 aliphatic heterocycles. The van der Waals surface area contributed by atoms with Crippen LogP contribution in [0.1, 0.15) is 63.6 Å². The van der Waals surface area contributed by atoms with E-state index in [2.05, 4.69) is 29.3 Å². The third-order valence-electron chi connectivity index (χ3n) is 4.05. The summed E-state index contributed by atoms with van der Waals surface area (Å²) in [5, 5.41) is 7.26. The van der Waals surface area contributed by atoms with E-state index in [4.69, 9.17) is 4.52 Å². The fourth-order valence-electron chi connectivity index (χ4n) is 2.77. The number of hydrogen-bond donors (Lipinski definition) is 1. The van der Waals surface area contributed by atoms with Crippen molar-refractivity contribution in [2.24, 2.45) is 5.92 Å². The van der Waals surface area contributed by atoms with Gasteiger partial charge in [-0.15, -0.1) is 12.4 Å². The van der Waals surface area contributed by atoms with Gasteiger partial charge < -0.3 is 9.84 Å². The van der Waals surface area contributed by atoms with Crippen LogP contribution in [0.25, 0.3) is 0 Å². The van der Waals surface area contributed by atoms with Crippen LogP contribution in [-0.4, -0.2) is 23.2 Å². The molecule has 0 bridgehead atoms. The second kappa shape index (κ2) is 7.85. The van der Waals surface area contributed by atoms with E-state index in [9.17, 15) is 0 Å². The highest BCUT2D eigenvalue weighted by atomic mass is 35.5. The zero-order chi connectivity index (χ0) is 13.0. The first-order chi connectivity index (χ1) is 8.69. The minimum Gasteiger partial charge on any atom is -0.339 e. The fraction of sp³-hybridized carbons (Fsp3) is 0.857. The summed E-state index contributed by atoms with van der Waals surface area (Å²) in [7, 11) is 1.95. The molecule has 0 saturated heterocycles. The minimum atomic E-state index is 0. The van der Waals surface area contributed by atoms with E-state index in [0.717, 1.165) is 24.1 Å². The van der Waals surface area contributed by atoms with Gasteiger partial charge in [0.05, 0.1) is 0 Å². The molecule has 1 fully saturated rings. The fourth-order valence-corrected chi connectivity index (χ4v) is 2.77. The van der Waals surface area contributed by atoms with Crippen molar-refractivity contribution in [2.45, 2.75) is 64.3 Å². The maximum atomic E-state index is 5.39. The molecule has 1 saturated carbocycles. The van der Waals surface area contributed by atoms with E-state index >= 15 is 0 Å². The molecule has 0 spiro atoms. The van der Waals surface area contributed by atoms with Crippen molar-refractivity contribution in [1.82, 2.24) is 15.5 Å². The zero-order valence-electron chi connectivity index (χ0n) is 12.2. The Morgan fingerprint density at radius 2 is 2.00 bits per heavy atom. The van der Waals surface area contributed by atoms with Crippen molar-refractivity contribution >= 4 is 12.4 Å². The molecule has 1 aromatic rings. The van der Waals surface area contributed by atoms with Crippen molar-refractivity contribution < 1.29 is 4.52 Å². The SMILES string of the molecule is CNC(C)Cc1noc(C(C)CC2CCCC2)n1.Cl. The molecule has 0 radical (unpaired) electrons. The van der Waals surface area contributed by atoms with E-state index < -0.39 is 0 Å². The van der Waals surface area contributed by atoms with Crippen LogP contribution in [0, 0.1) is 5.92 Å². The lowest BCUT2D eigenvalue weighted by Crippen LogP contribution is -2.24. The molecular formula is C14H26ClN3O. The Balaban J connectivity index is 0.00000180. The number of aromatic nitrogens is 2. The third-order valence-corrected chi connectivity index (χ3v) is 4.05. The van der Waals surface area contributed by atoms with Crippen LogP contribution >= 0.6 is 12.4 Å². The van der Waals surface area contributed by atoms with Crippen LogP contribution < -0.4 is 5.32 Å². The molecule has 0 amide bonds. The molecule has 1 heterocycles. The van der Waals surface area contributed by atoms with Crippen LogP contribution in [0.4, 0.5) is 0 Å². The Labute approximate surface area is 122 Å². The van der Waals surface area contributed by atoms with Crippen LogP contribution in [0.2, 0.25) is 0 Å². The number of likely N-dealkylation sites (N-methyl/N-ethyl adjacent to an activating group) is 1. The van der Waals surface area contributed by atoms with Gasteiger partial charge in [0, 0.05) is 18.4 Å². The number of halogens is 1. The summed E-state index contributed by atoms with van der Waals surface area (Å²) in [6.45, 7) is 4.33. The standard InChI is InChI=1S/C14H25N3O.ClH/c1-10(8-12-6-4-5-7-12)14-16-13(17-18-14)9-11(2)15-3;/h10-12,15H,4-9H2,1-3H3;1H. The summed E-state index contributed by atoms with van der Waals surface area (Å²) >= 11 is 0. The topological polar surface area (TPSA) is 51.0 Å². The van der Waals surface area contributed by atoms with Gasteiger partial charge in [-0.3, -0.25) is 0 Å². The molecule has 1 aromatic heterocycles. The summed E-state index contributed by atoms with van der Waals surface area (Å²) in [5.74, 6) is 2.91. The summed E-state index contributed by atoms with van der Waals surface area (Å²) in [5.41, 5.74) is 0. The highest BCUT2D eigenvalue weighted by Gasteiger charge is 2.22. The average Bonchev–Trinajstić information content (AvgIpc) is 3.00. The van der Waals surface area contributed by atoms with Crippen molar-refractivity contribution in [2.75, 3.05) is 7.05 Å². The Hall–Kier alpha value is -0.610. The smallest absolute Gasteiger partial charge is 0.229 e. The van der Waals surface area contributed by atoms with Crippen molar-refractivity contribution in [3.8, 4) is 0 Å². The molecular weight excluding hydrogens is 262 g/mol. The van der Waals surface area contributed by atoms with Gasteiger partial charge in [-0.1, -0.05) is 37.8 Å². The van der Waals surface area contributed by atoms with Gasteiger partial charge in [-0.05, 0) is 26.3 Å². The van der Waals surface area contributed by atoms with Crippen LogP contribution in [0.15, 0.2) is 4.52 Å². The van der Waals surface area contributed by atoms with E-state index in [1.165, 1.54) is 32.1 Å². The summed E-state index contributed by atoms with van der Waals surface area (Å²) in [4.78, 5) is 4.52. The molecule has 4 nitrogen and oxygen atoms in total. The van der Waals surface area contributed by atoms with E-state index in [1.54, 1.807) is 0 Å². The lowest BCUT2D eigenvalue weighted by Gasteiger charge is -2.12. The normalized spacial score (nSPS) is 19.1. The van der Waals surface area contributed by atoms with Gasteiger partial charge in [0.2, 0.25) is 5.89 Å². The highest BCUT2D eigenvalue weighted by Crippen LogP contribution is 2.33. The van der Waals surface area contributed by atoms with E-state index in [-0.39, 0.29) is 12.4 Å². The summed E-state index contributed by atoms with van der Waals surface area (Å²) in [6.07, 6.45) is 7.57. The molecule has 110 valence electrons. The number of rotatable bonds is 6. The molecule has 19 heavy (non-hydrogen) atoms. The second-order valence-corrected chi connectivity index (χ2v) is 5.73. The molecule has 0 aromatic carbocycles. The predicted octanol–water partition coefficient (Wildman–Crippen LogP) is 3.33. The lowest BCUT2D eigenvalue weighted by molar-refractivity contribution is 0.329. The predicted molar refractivity (Wildman–Crippen MR) is 78.8 cm³/mol. The summed E-state index contributed by atoms with van der Waals surface area (Å²) < 4.78 is 5.39. The molecule has 5 heteroatoms. The average molecular weight is 288 g/mol. The summed E-state index contributed by atoms with van der Waals surface area (Å²) in [6, 6.07) is 0.389. The van der Waals surface area contributed by atoms with Crippen molar-refractivity contribution in [1.29, 1.82) is 0 Å². The van der Waals surface area contributed by atoms with Crippen LogP contribution in [0.5, 0.6) is 0 Å². The van der Waals surface area contributed by atoms with E-state index in [0.29, 0.717) is 12.0 Å². The largest absolute Gasteiger partial charge is 0.339 e. The Morgan fingerprint density at radius 3 is 2.63 bits per heavy atom. The quantitative estimate of drug-likeness (QED) is 0.872. The minimum absolute atomic E-state index is 0. The third kappa shape index (κ3) is 4.77. The van der Waals surface area contributed by atoms with Gasteiger partial charge in [0.1, 0.15) is 0 Å². The molecule has 1 aliphatic carbocycles. The van der Waals surface area contributed by atoms with E-state index in [1.807, 2.05) is 7.05 Å². The maximum absolute atomic E-state index is 5.39. The van der Waals surface area contributed by atoms with Crippen LogP contribution in [0.3, 0.4) is 0 Å². The highest BCUT2D eigenvalue weighted by molar-refractivity contribution is 5.85. The first-order valence-corrected chi connectivity index (χ1v) is 7.18. The number of hydrogen-bond acceptors (Lipinski definition) is 4. The van der Waals surface area contributed by atoms with Crippen molar-refractivity contribution in [3.63, 3.8) is 0 Å². The van der Waals surface area contributed by atoms with Gasteiger partial charge in [0.15, 0.2) is 5.82 Å². The molecule has 2 rings (SSSR count). The number of nitrogens with one attached hydrogen (secondary N) is 1. The second-order valence-electron chi connectivity index (χ2n) is 5.73. The van der Waals surface area contributed by atoms with Crippen LogP contribution in [-0.2, 0) is 6.42 Å². The van der Waals surface area contributed by atoms with Crippen molar-refractivity contribution in [3.05, 3.63) is 11.7 Å². The molecule has 1 aliphatic rings.